The molecule has 0 aromatic rings. The van der Waals surface area contributed by atoms with Gasteiger partial charge in [0.05, 0.1) is 0 Å². The van der Waals surface area contributed by atoms with E-state index in [4.69, 9.17) is 0 Å². The quantitative estimate of drug-likeness (QED) is 0.589. The summed E-state index contributed by atoms with van der Waals surface area (Å²) in [5.41, 5.74) is 0.979. The van der Waals surface area contributed by atoms with Crippen LogP contribution in [0.2, 0.25) is 0 Å². The summed E-state index contributed by atoms with van der Waals surface area (Å²) in [5.74, 6) is 0.396. The second kappa shape index (κ2) is 3.42. The molecule has 0 radical (unpaired) electrons. The number of Topliss-reactive ketones (excluding diaryl/α,β-unsaturated/α-hetero) is 1. The van der Waals surface area contributed by atoms with Gasteiger partial charge in [0.1, 0.15) is 5.78 Å². The van der Waals surface area contributed by atoms with Crippen LogP contribution in [0, 0.1) is 5.41 Å². The van der Waals surface area contributed by atoms with Crippen molar-refractivity contribution in [1.29, 1.82) is 0 Å². The van der Waals surface area contributed by atoms with E-state index in [0.717, 1.165) is 18.4 Å². The Balaban J connectivity index is 2.56. The van der Waals surface area contributed by atoms with Crippen LogP contribution in [0.25, 0.3) is 0 Å². The third kappa shape index (κ3) is 1.96. The summed E-state index contributed by atoms with van der Waals surface area (Å²) in [6.45, 7) is 7.81. The van der Waals surface area contributed by atoms with Gasteiger partial charge in [-0.15, -0.1) is 0 Å². The van der Waals surface area contributed by atoms with Crippen molar-refractivity contribution in [3.05, 3.63) is 12.2 Å². The van der Waals surface area contributed by atoms with Crippen LogP contribution in [0.15, 0.2) is 12.2 Å². The van der Waals surface area contributed by atoms with Gasteiger partial charge in [0.25, 0.3) is 0 Å². The van der Waals surface area contributed by atoms with Crippen molar-refractivity contribution in [2.45, 2.75) is 46.0 Å². The number of hydrogen-bond acceptors (Lipinski definition) is 1. The van der Waals surface area contributed by atoms with Gasteiger partial charge in [0, 0.05) is 11.8 Å². The molecular formula is C11H18O. The van der Waals surface area contributed by atoms with Crippen LogP contribution < -0.4 is 0 Å². The molecule has 0 aromatic heterocycles. The van der Waals surface area contributed by atoms with Gasteiger partial charge in [0.15, 0.2) is 0 Å². The first kappa shape index (κ1) is 9.50. The maximum absolute atomic E-state index is 11.7. The van der Waals surface area contributed by atoms with Gasteiger partial charge < -0.3 is 0 Å². The summed E-state index contributed by atoms with van der Waals surface area (Å²) in [7, 11) is 0. The van der Waals surface area contributed by atoms with Crippen LogP contribution >= 0.6 is 0 Å². The highest BCUT2D eigenvalue weighted by molar-refractivity contribution is 5.86. The van der Waals surface area contributed by atoms with E-state index in [-0.39, 0.29) is 5.41 Å². The van der Waals surface area contributed by atoms with Gasteiger partial charge in [0.2, 0.25) is 0 Å². The van der Waals surface area contributed by atoms with E-state index in [9.17, 15) is 4.79 Å². The highest BCUT2D eigenvalue weighted by atomic mass is 16.1. The molecule has 0 atom stereocenters. The Labute approximate surface area is 74.9 Å². The molecule has 68 valence electrons. The van der Waals surface area contributed by atoms with Crippen molar-refractivity contribution in [3.63, 3.8) is 0 Å². The minimum Gasteiger partial charge on any atom is -0.299 e. The number of rotatable bonds is 3. The maximum Gasteiger partial charge on any atom is 0.142 e. The van der Waals surface area contributed by atoms with Crippen molar-refractivity contribution in [3.8, 4) is 0 Å². The predicted octanol–water partition coefficient (Wildman–Crippen LogP) is 3.10. The molecule has 0 aliphatic heterocycles. The molecule has 1 aliphatic carbocycles. The fourth-order valence-electron chi connectivity index (χ4n) is 1.92. The topological polar surface area (TPSA) is 17.1 Å². The Morgan fingerprint density at radius 2 is 1.92 bits per heavy atom. The van der Waals surface area contributed by atoms with Gasteiger partial charge in [-0.1, -0.05) is 31.9 Å². The summed E-state index contributed by atoms with van der Waals surface area (Å²) >= 11 is 0. The first-order valence-corrected chi connectivity index (χ1v) is 4.72. The number of hydrogen-bond donors (Lipinski definition) is 0. The largest absolute Gasteiger partial charge is 0.299 e. The molecule has 1 rings (SSSR count). The van der Waals surface area contributed by atoms with Crippen molar-refractivity contribution in [2.75, 3.05) is 0 Å². The van der Waals surface area contributed by atoms with E-state index >= 15 is 0 Å². The van der Waals surface area contributed by atoms with Crippen LogP contribution in [0.3, 0.4) is 0 Å². The normalized spacial score (nSPS) is 20.8. The average Bonchev–Trinajstić information content (AvgIpc) is 2.36. The van der Waals surface area contributed by atoms with Gasteiger partial charge in [-0.2, -0.15) is 0 Å². The molecule has 1 fully saturated rings. The molecule has 0 amide bonds. The van der Waals surface area contributed by atoms with Crippen molar-refractivity contribution in [1.82, 2.24) is 0 Å². The van der Waals surface area contributed by atoms with Crippen LogP contribution in [-0.4, -0.2) is 5.78 Å². The standard InChI is InChI=1S/C11H18O/c1-9(2)8-10(12)11(3)6-4-5-7-11/h1,4-8H2,2-3H3. The lowest BCUT2D eigenvalue weighted by atomic mass is 9.81. The summed E-state index contributed by atoms with van der Waals surface area (Å²) in [6.07, 6.45) is 5.19. The molecular weight excluding hydrogens is 148 g/mol. The van der Waals surface area contributed by atoms with E-state index < -0.39 is 0 Å². The monoisotopic (exact) mass is 166 g/mol. The minimum absolute atomic E-state index is 0.0149. The molecule has 1 saturated carbocycles. The zero-order valence-corrected chi connectivity index (χ0v) is 8.15. The summed E-state index contributed by atoms with van der Waals surface area (Å²) in [6, 6.07) is 0. The number of carbonyl (C=O) groups is 1. The van der Waals surface area contributed by atoms with Gasteiger partial charge in [-0.05, 0) is 19.8 Å². The molecule has 1 aliphatic rings. The van der Waals surface area contributed by atoms with Crippen LogP contribution in [0.1, 0.15) is 46.0 Å². The summed E-state index contributed by atoms with van der Waals surface area (Å²) in [4.78, 5) is 11.7. The summed E-state index contributed by atoms with van der Waals surface area (Å²) in [5, 5.41) is 0. The number of allylic oxidation sites excluding steroid dienone is 1. The fraction of sp³-hybridized carbons (Fsp3) is 0.727. The smallest absolute Gasteiger partial charge is 0.142 e. The molecule has 12 heavy (non-hydrogen) atoms. The predicted molar refractivity (Wildman–Crippen MR) is 51.0 cm³/mol. The third-order valence-electron chi connectivity index (χ3n) is 2.84. The second-order valence-corrected chi connectivity index (χ2v) is 4.32. The molecule has 0 unspecified atom stereocenters. The lowest BCUT2D eigenvalue weighted by Gasteiger charge is -2.21. The maximum atomic E-state index is 11.7. The average molecular weight is 166 g/mol. The molecule has 1 heteroatoms. The fourth-order valence-corrected chi connectivity index (χ4v) is 1.92. The van der Waals surface area contributed by atoms with Gasteiger partial charge >= 0.3 is 0 Å². The van der Waals surface area contributed by atoms with Crippen molar-refractivity contribution >= 4 is 5.78 Å². The zero-order valence-electron chi connectivity index (χ0n) is 8.15. The Hall–Kier alpha value is -0.590. The van der Waals surface area contributed by atoms with Crippen LogP contribution in [0.5, 0.6) is 0 Å². The molecule has 1 nitrogen and oxygen atoms in total. The van der Waals surface area contributed by atoms with Crippen molar-refractivity contribution < 1.29 is 4.79 Å². The van der Waals surface area contributed by atoms with E-state index in [1.54, 1.807) is 0 Å². The Kier molecular flexibility index (Phi) is 2.71. The Bertz CT molecular complexity index is 197. The van der Waals surface area contributed by atoms with E-state index in [0.29, 0.717) is 12.2 Å². The lowest BCUT2D eigenvalue weighted by Crippen LogP contribution is -2.24. The molecule has 0 N–H and O–H groups in total. The van der Waals surface area contributed by atoms with Crippen LogP contribution in [-0.2, 0) is 4.79 Å². The Morgan fingerprint density at radius 1 is 1.42 bits per heavy atom. The number of carbonyl (C=O) groups excluding carboxylic acids is 1. The highest BCUT2D eigenvalue weighted by Gasteiger charge is 2.35. The van der Waals surface area contributed by atoms with E-state index in [1.807, 2.05) is 6.92 Å². The number of ketones is 1. The molecule has 0 aromatic carbocycles. The van der Waals surface area contributed by atoms with E-state index in [2.05, 4.69) is 13.5 Å². The first-order chi connectivity index (χ1) is 5.54. The molecule has 0 bridgehead atoms. The second-order valence-electron chi connectivity index (χ2n) is 4.32. The van der Waals surface area contributed by atoms with Gasteiger partial charge in [-0.25, -0.2) is 0 Å². The molecule has 0 spiro atoms. The van der Waals surface area contributed by atoms with E-state index in [1.165, 1.54) is 12.8 Å². The third-order valence-corrected chi connectivity index (χ3v) is 2.84. The SMILES string of the molecule is C=C(C)CC(=O)C1(C)CCCC1. The first-order valence-electron chi connectivity index (χ1n) is 4.72. The molecule has 0 heterocycles. The van der Waals surface area contributed by atoms with Crippen LogP contribution in [0.4, 0.5) is 0 Å². The Morgan fingerprint density at radius 3 is 2.33 bits per heavy atom. The minimum atomic E-state index is -0.0149. The zero-order chi connectivity index (χ0) is 9.19. The highest BCUT2D eigenvalue weighted by Crippen LogP contribution is 2.39. The van der Waals surface area contributed by atoms with Gasteiger partial charge in [-0.3, -0.25) is 4.79 Å². The van der Waals surface area contributed by atoms with Crippen molar-refractivity contribution in [2.24, 2.45) is 5.41 Å². The lowest BCUT2D eigenvalue weighted by molar-refractivity contribution is -0.126. The summed E-state index contributed by atoms with van der Waals surface area (Å²) < 4.78 is 0. The molecule has 0 saturated heterocycles.